The predicted molar refractivity (Wildman–Crippen MR) is 143 cm³/mol. The molecule has 0 spiro atoms. The van der Waals surface area contributed by atoms with E-state index in [0.29, 0.717) is 0 Å². The van der Waals surface area contributed by atoms with Crippen molar-refractivity contribution in [2.24, 2.45) is 0 Å². The highest BCUT2D eigenvalue weighted by Crippen LogP contribution is 2.33. The van der Waals surface area contributed by atoms with Crippen LogP contribution in [0.25, 0.3) is 11.1 Å². The molecular weight excluding hydrogens is 440 g/mol. The van der Waals surface area contributed by atoms with Gasteiger partial charge in [-0.1, -0.05) is 54.6 Å². The molecule has 34 heavy (non-hydrogen) atoms. The van der Waals surface area contributed by atoms with Gasteiger partial charge in [-0.05, 0) is 86.9 Å². The Morgan fingerprint density at radius 2 is 1.94 bits per heavy atom. The van der Waals surface area contributed by atoms with E-state index in [1.807, 2.05) is 29.5 Å². The van der Waals surface area contributed by atoms with Crippen molar-refractivity contribution < 1.29 is 8.95 Å². The summed E-state index contributed by atoms with van der Waals surface area (Å²) in [5.41, 5.74) is 6.06. The molecule has 2 heterocycles. The fourth-order valence-electron chi connectivity index (χ4n) is 4.65. The van der Waals surface area contributed by atoms with Crippen molar-refractivity contribution in [1.82, 2.24) is 8.61 Å². The van der Waals surface area contributed by atoms with Crippen molar-refractivity contribution in [2.45, 2.75) is 52.1 Å². The van der Waals surface area contributed by atoms with E-state index in [2.05, 4.69) is 60.3 Å². The molecule has 2 aromatic carbocycles. The molecule has 0 aromatic heterocycles. The minimum absolute atomic E-state index is 0.273. The number of hydrogen-bond donors (Lipinski definition) is 0. The normalized spacial score (nSPS) is 21.0. The molecule has 2 aromatic rings. The van der Waals surface area contributed by atoms with Crippen molar-refractivity contribution in [2.75, 3.05) is 19.6 Å². The Bertz CT molecular complexity index is 1070. The Hall–Kier alpha value is -2.63. The van der Waals surface area contributed by atoms with Gasteiger partial charge in [-0.25, -0.2) is 8.51 Å². The average Bonchev–Trinajstić information content (AvgIpc) is 3.21. The topological polar surface area (TPSA) is 32.8 Å². The van der Waals surface area contributed by atoms with Crippen molar-refractivity contribution in [1.29, 1.82) is 0 Å². The van der Waals surface area contributed by atoms with Gasteiger partial charge < -0.3 is 4.74 Å². The van der Waals surface area contributed by atoms with Crippen LogP contribution < -0.4 is 4.74 Å². The molecule has 4 nitrogen and oxygen atoms in total. The summed E-state index contributed by atoms with van der Waals surface area (Å²) in [5.74, 6) is 1.04. The highest BCUT2D eigenvalue weighted by molar-refractivity contribution is 7.80. The van der Waals surface area contributed by atoms with Crippen LogP contribution in [0.4, 0.5) is 0 Å². The lowest BCUT2D eigenvalue weighted by Gasteiger charge is -2.27. The van der Waals surface area contributed by atoms with Gasteiger partial charge in [0.25, 0.3) is 0 Å². The molecule has 0 radical (unpaired) electrons. The molecule has 1 fully saturated rings. The number of unbranched alkanes of at least 4 members (excludes halogenated alkanes) is 1. The van der Waals surface area contributed by atoms with Gasteiger partial charge in [0.2, 0.25) is 0 Å². The third kappa shape index (κ3) is 5.89. The summed E-state index contributed by atoms with van der Waals surface area (Å²) in [5, 5.41) is 0. The van der Waals surface area contributed by atoms with Crippen molar-refractivity contribution in [3.63, 3.8) is 0 Å². The van der Waals surface area contributed by atoms with Gasteiger partial charge >= 0.3 is 0 Å². The number of fused-ring (bicyclic) bond motifs is 1. The van der Waals surface area contributed by atoms with E-state index in [1.54, 1.807) is 6.08 Å². The van der Waals surface area contributed by atoms with Crippen LogP contribution in [0.15, 0.2) is 79.0 Å². The second kappa shape index (κ2) is 11.7. The zero-order chi connectivity index (χ0) is 23.9. The first-order valence-corrected chi connectivity index (χ1v) is 13.4. The number of ether oxygens (including phenoxy) is 1. The van der Waals surface area contributed by atoms with E-state index in [1.165, 1.54) is 22.3 Å². The highest BCUT2D eigenvalue weighted by atomic mass is 32.2. The Labute approximate surface area is 207 Å². The van der Waals surface area contributed by atoms with E-state index >= 15 is 0 Å². The van der Waals surface area contributed by atoms with Gasteiger partial charge in [0, 0.05) is 19.6 Å². The molecule has 0 saturated carbocycles. The second-order valence-corrected chi connectivity index (χ2v) is 10.5. The lowest BCUT2D eigenvalue weighted by atomic mass is 9.95. The Morgan fingerprint density at radius 3 is 2.71 bits per heavy atom. The number of rotatable bonds is 9. The minimum atomic E-state index is -1.12. The lowest BCUT2D eigenvalue weighted by Crippen LogP contribution is -2.27. The molecule has 0 N–H and O–H groups in total. The summed E-state index contributed by atoms with van der Waals surface area (Å²) >= 11 is -1.12. The van der Waals surface area contributed by atoms with Gasteiger partial charge in [-0.15, -0.1) is 0 Å². The Morgan fingerprint density at radius 1 is 1.15 bits per heavy atom. The van der Waals surface area contributed by atoms with Crippen molar-refractivity contribution >= 4 is 11.2 Å². The van der Waals surface area contributed by atoms with Crippen molar-refractivity contribution in [3.8, 4) is 16.9 Å². The van der Waals surface area contributed by atoms with Crippen LogP contribution >= 0.6 is 0 Å². The van der Waals surface area contributed by atoms with E-state index in [-0.39, 0.29) is 6.10 Å². The lowest BCUT2D eigenvalue weighted by molar-refractivity contribution is 0.160. The third-order valence-corrected chi connectivity index (χ3v) is 8.11. The van der Waals surface area contributed by atoms with Crippen LogP contribution in [-0.2, 0) is 17.6 Å². The summed E-state index contributed by atoms with van der Waals surface area (Å²) < 4.78 is 23.3. The first-order chi connectivity index (χ1) is 16.6. The van der Waals surface area contributed by atoms with Crippen LogP contribution in [-0.4, -0.2) is 38.6 Å². The molecule has 4 rings (SSSR count). The molecule has 5 heteroatoms. The molecule has 1 saturated heterocycles. The minimum Gasteiger partial charge on any atom is -0.490 e. The first-order valence-electron chi connectivity index (χ1n) is 12.4. The van der Waals surface area contributed by atoms with Gasteiger partial charge in [0.05, 0.1) is 11.8 Å². The molecule has 0 amide bonds. The Balaban J connectivity index is 1.24. The number of hydrogen-bond acceptors (Lipinski definition) is 2. The van der Waals surface area contributed by atoms with Crippen LogP contribution in [0, 0.1) is 6.92 Å². The summed E-state index contributed by atoms with van der Waals surface area (Å²) in [7, 11) is 0. The maximum absolute atomic E-state index is 12.9. The van der Waals surface area contributed by atoms with Gasteiger partial charge in [-0.3, -0.25) is 4.31 Å². The van der Waals surface area contributed by atoms with Crippen LogP contribution in [0.1, 0.15) is 43.7 Å². The zero-order valence-corrected chi connectivity index (χ0v) is 21.2. The van der Waals surface area contributed by atoms with Crippen LogP contribution in [0.2, 0.25) is 0 Å². The van der Waals surface area contributed by atoms with E-state index in [0.717, 1.165) is 63.2 Å². The van der Waals surface area contributed by atoms with Gasteiger partial charge in [0.1, 0.15) is 5.75 Å². The van der Waals surface area contributed by atoms with E-state index in [4.69, 9.17) is 4.74 Å². The maximum Gasteiger partial charge on any atom is 0.199 e. The Kier molecular flexibility index (Phi) is 8.41. The van der Waals surface area contributed by atoms with Crippen LogP contribution in [0.5, 0.6) is 5.75 Å². The molecule has 2 atom stereocenters. The zero-order valence-electron chi connectivity index (χ0n) is 20.4. The third-order valence-electron chi connectivity index (χ3n) is 6.53. The van der Waals surface area contributed by atoms with E-state index < -0.39 is 11.2 Å². The van der Waals surface area contributed by atoms with E-state index in [9.17, 15) is 4.21 Å². The standard InChI is InChI=1S/C29H36N2O2S/c1-4-8-27(9-5-2)31-21-20-30(34(31)32)19-7-6-10-28-17-15-26-22-25(16-18-29(26)33-28)24-13-11-23(3)12-14-24/h4-5,8-9,11-14,16,18,22,28H,1,6-7,10,15,17,19-21H2,2-3H3/b9-5-,27-8+. The van der Waals surface area contributed by atoms with Crippen molar-refractivity contribution in [3.05, 3.63) is 90.2 Å². The maximum atomic E-state index is 12.9. The second-order valence-electron chi connectivity index (χ2n) is 9.05. The number of nitrogens with zero attached hydrogens (tertiary/aromatic N) is 2. The SMILES string of the molecule is C=C/C=C(\C=C/C)N1CCN(CCCCC2CCc3cc(-c4ccc(C)cc4)ccc3O2)S1=O. The first kappa shape index (κ1) is 24.5. The monoisotopic (exact) mass is 476 g/mol. The quantitative estimate of drug-likeness (QED) is 0.311. The molecule has 0 bridgehead atoms. The molecule has 2 unspecified atom stereocenters. The number of aryl methyl sites for hydroxylation is 2. The van der Waals surface area contributed by atoms with Gasteiger partial charge in [0.15, 0.2) is 11.2 Å². The highest BCUT2D eigenvalue weighted by Gasteiger charge is 2.29. The fourth-order valence-corrected chi connectivity index (χ4v) is 6.00. The molecule has 0 aliphatic carbocycles. The molecule has 2 aliphatic rings. The smallest absolute Gasteiger partial charge is 0.199 e. The predicted octanol–water partition coefficient (Wildman–Crippen LogP) is 6.37. The largest absolute Gasteiger partial charge is 0.490 e. The summed E-state index contributed by atoms with van der Waals surface area (Å²) in [6.45, 7) is 10.3. The summed E-state index contributed by atoms with van der Waals surface area (Å²) in [6.07, 6.45) is 13.2. The van der Waals surface area contributed by atoms with Crippen LogP contribution in [0.3, 0.4) is 0 Å². The molecular formula is C29H36N2O2S. The summed E-state index contributed by atoms with van der Waals surface area (Å²) in [6, 6.07) is 15.3. The average molecular weight is 477 g/mol. The number of allylic oxidation sites excluding steroid dienone is 4. The molecule has 180 valence electrons. The molecule has 2 aliphatic heterocycles. The van der Waals surface area contributed by atoms with Gasteiger partial charge in [-0.2, -0.15) is 0 Å². The number of benzene rings is 2. The fraction of sp³-hybridized carbons (Fsp3) is 0.379. The summed E-state index contributed by atoms with van der Waals surface area (Å²) in [4.78, 5) is 0.